The number of hydrogen-bond donors (Lipinski definition) is 0. The van der Waals surface area contributed by atoms with Gasteiger partial charge >= 0.3 is 0 Å². The number of nitriles is 1. The summed E-state index contributed by atoms with van der Waals surface area (Å²) in [5, 5.41) is 9.44. The second-order valence-electron chi connectivity index (χ2n) is 6.18. The van der Waals surface area contributed by atoms with Gasteiger partial charge in [-0.3, -0.25) is 0 Å². The fraction of sp³-hybridized carbons (Fsp3) is 0.286. The van der Waals surface area contributed by atoms with E-state index in [4.69, 9.17) is 0 Å². The van der Waals surface area contributed by atoms with Crippen molar-refractivity contribution in [2.24, 2.45) is 0 Å². The first kappa shape index (κ1) is 15.4. The molecule has 2 heteroatoms. The lowest BCUT2D eigenvalue weighted by atomic mass is 10.0. The smallest absolute Gasteiger partial charge is 0.0998 e. The molecule has 116 valence electrons. The Morgan fingerprint density at radius 1 is 0.957 bits per heavy atom. The van der Waals surface area contributed by atoms with Crippen molar-refractivity contribution in [3.63, 3.8) is 0 Å². The average Bonchev–Trinajstić information content (AvgIpc) is 2.62. The summed E-state index contributed by atoms with van der Waals surface area (Å²) in [6.45, 7) is 4.36. The number of piperidine rings is 1. The Bertz CT molecular complexity index is 712. The molecule has 3 rings (SSSR count). The Balaban J connectivity index is 1.80. The molecule has 0 unspecified atom stereocenters. The Morgan fingerprint density at radius 2 is 1.61 bits per heavy atom. The molecule has 1 aliphatic rings. The zero-order valence-corrected chi connectivity index (χ0v) is 13.6. The van der Waals surface area contributed by atoms with Crippen LogP contribution in [0, 0.1) is 18.3 Å². The summed E-state index contributed by atoms with van der Waals surface area (Å²) in [7, 11) is 0. The van der Waals surface area contributed by atoms with Crippen molar-refractivity contribution in [3.05, 3.63) is 65.2 Å². The van der Waals surface area contributed by atoms with Gasteiger partial charge in [0.1, 0.15) is 0 Å². The molecule has 1 heterocycles. The third kappa shape index (κ3) is 3.81. The van der Waals surface area contributed by atoms with E-state index in [-0.39, 0.29) is 0 Å². The summed E-state index contributed by atoms with van der Waals surface area (Å²) in [5.41, 5.74) is 5.24. The molecule has 2 aromatic carbocycles. The van der Waals surface area contributed by atoms with Gasteiger partial charge in [-0.05, 0) is 55.5 Å². The number of hydrogen-bond acceptors (Lipinski definition) is 2. The minimum absolute atomic E-state index is 0.704. The Morgan fingerprint density at radius 3 is 2.22 bits per heavy atom. The van der Waals surface area contributed by atoms with Crippen molar-refractivity contribution in [1.82, 2.24) is 0 Å². The first-order chi connectivity index (χ1) is 11.3. The van der Waals surface area contributed by atoms with E-state index in [0.717, 1.165) is 24.2 Å². The van der Waals surface area contributed by atoms with Gasteiger partial charge in [-0.15, -0.1) is 0 Å². The quantitative estimate of drug-likeness (QED) is 0.586. The number of benzene rings is 2. The number of rotatable bonds is 3. The van der Waals surface area contributed by atoms with Gasteiger partial charge in [0, 0.05) is 18.8 Å². The highest BCUT2D eigenvalue weighted by Crippen LogP contribution is 2.23. The van der Waals surface area contributed by atoms with Crippen LogP contribution in [0.5, 0.6) is 0 Å². The summed E-state index contributed by atoms with van der Waals surface area (Å²) in [6, 6.07) is 19.0. The minimum Gasteiger partial charge on any atom is -0.372 e. The van der Waals surface area contributed by atoms with Crippen molar-refractivity contribution >= 4 is 17.3 Å². The van der Waals surface area contributed by atoms with Crippen molar-refractivity contribution < 1.29 is 0 Å². The Labute approximate surface area is 138 Å². The van der Waals surface area contributed by atoms with Crippen LogP contribution in [0.25, 0.3) is 11.6 Å². The number of nitrogens with zero attached hydrogens (tertiary/aromatic N) is 2. The third-order valence-electron chi connectivity index (χ3n) is 4.41. The van der Waals surface area contributed by atoms with Gasteiger partial charge in [-0.2, -0.15) is 5.26 Å². The molecule has 0 aromatic heterocycles. The molecule has 0 atom stereocenters. The van der Waals surface area contributed by atoms with Crippen LogP contribution < -0.4 is 4.90 Å². The van der Waals surface area contributed by atoms with Gasteiger partial charge in [-0.1, -0.05) is 42.0 Å². The van der Waals surface area contributed by atoms with Gasteiger partial charge in [0.25, 0.3) is 0 Å². The normalized spacial score (nSPS) is 15.3. The Kier molecular flexibility index (Phi) is 4.78. The molecule has 0 saturated carbocycles. The maximum absolute atomic E-state index is 9.44. The SMILES string of the molecule is Cc1ccc(C(C#N)=Cc2ccc(N3CCCCC3)cc2)cc1. The van der Waals surface area contributed by atoms with Gasteiger partial charge < -0.3 is 4.90 Å². The molecule has 0 amide bonds. The molecule has 0 spiro atoms. The number of allylic oxidation sites excluding steroid dienone is 1. The first-order valence-corrected chi connectivity index (χ1v) is 8.30. The molecule has 0 bridgehead atoms. The van der Waals surface area contributed by atoms with E-state index in [0.29, 0.717) is 5.57 Å². The maximum Gasteiger partial charge on any atom is 0.0998 e. The second kappa shape index (κ2) is 7.15. The van der Waals surface area contributed by atoms with E-state index >= 15 is 0 Å². The third-order valence-corrected chi connectivity index (χ3v) is 4.41. The van der Waals surface area contributed by atoms with Crippen molar-refractivity contribution in [3.8, 4) is 6.07 Å². The predicted octanol–water partition coefficient (Wildman–Crippen LogP) is 5.05. The molecule has 1 aliphatic heterocycles. The monoisotopic (exact) mass is 302 g/mol. The molecule has 2 aromatic rings. The van der Waals surface area contributed by atoms with Crippen LogP contribution in [0.1, 0.15) is 36.0 Å². The lowest BCUT2D eigenvalue weighted by Crippen LogP contribution is -2.29. The van der Waals surface area contributed by atoms with Gasteiger partial charge in [-0.25, -0.2) is 0 Å². The molecular formula is C21H22N2. The van der Waals surface area contributed by atoms with E-state index in [1.54, 1.807) is 0 Å². The lowest BCUT2D eigenvalue weighted by molar-refractivity contribution is 0.578. The fourth-order valence-electron chi connectivity index (χ4n) is 3.01. The van der Waals surface area contributed by atoms with Gasteiger partial charge in [0.05, 0.1) is 11.6 Å². The van der Waals surface area contributed by atoms with Crippen LogP contribution in [0.15, 0.2) is 48.5 Å². The van der Waals surface area contributed by atoms with Crippen LogP contribution in [-0.2, 0) is 0 Å². The molecular weight excluding hydrogens is 280 g/mol. The van der Waals surface area contributed by atoms with E-state index in [1.807, 2.05) is 30.3 Å². The van der Waals surface area contributed by atoms with Crippen LogP contribution >= 0.6 is 0 Å². The zero-order chi connectivity index (χ0) is 16.1. The predicted molar refractivity (Wildman–Crippen MR) is 97.2 cm³/mol. The summed E-state index contributed by atoms with van der Waals surface area (Å²) in [6.07, 6.45) is 5.88. The van der Waals surface area contributed by atoms with Crippen LogP contribution in [0.2, 0.25) is 0 Å². The van der Waals surface area contributed by atoms with E-state index < -0.39 is 0 Å². The average molecular weight is 302 g/mol. The molecule has 2 nitrogen and oxygen atoms in total. The highest BCUT2D eigenvalue weighted by molar-refractivity contribution is 5.89. The van der Waals surface area contributed by atoms with Crippen molar-refractivity contribution in [2.75, 3.05) is 18.0 Å². The van der Waals surface area contributed by atoms with E-state index in [9.17, 15) is 5.26 Å². The largest absolute Gasteiger partial charge is 0.372 e. The summed E-state index contributed by atoms with van der Waals surface area (Å²) in [4.78, 5) is 2.45. The van der Waals surface area contributed by atoms with Gasteiger partial charge in [0.2, 0.25) is 0 Å². The van der Waals surface area contributed by atoms with Crippen molar-refractivity contribution in [1.29, 1.82) is 5.26 Å². The van der Waals surface area contributed by atoms with Crippen LogP contribution in [-0.4, -0.2) is 13.1 Å². The summed E-state index contributed by atoms with van der Waals surface area (Å²) < 4.78 is 0. The van der Waals surface area contributed by atoms with Crippen LogP contribution in [0.4, 0.5) is 5.69 Å². The second-order valence-corrected chi connectivity index (χ2v) is 6.18. The molecule has 0 N–H and O–H groups in total. The molecule has 1 fully saturated rings. The number of aryl methyl sites for hydroxylation is 1. The highest BCUT2D eigenvalue weighted by Gasteiger charge is 2.10. The molecule has 1 saturated heterocycles. The molecule has 23 heavy (non-hydrogen) atoms. The van der Waals surface area contributed by atoms with Gasteiger partial charge in [0.15, 0.2) is 0 Å². The maximum atomic E-state index is 9.44. The lowest BCUT2D eigenvalue weighted by Gasteiger charge is -2.28. The Hall–Kier alpha value is -2.53. The summed E-state index contributed by atoms with van der Waals surface area (Å²) >= 11 is 0. The summed E-state index contributed by atoms with van der Waals surface area (Å²) in [5.74, 6) is 0. The van der Waals surface area contributed by atoms with E-state index in [2.05, 4.69) is 42.2 Å². The first-order valence-electron chi connectivity index (χ1n) is 8.30. The standard InChI is InChI=1S/C21H22N2/c1-17-5-9-19(10-6-17)20(16-22)15-18-7-11-21(12-8-18)23-13-3-2-4-14-23/h5-12,15H,2-4,13-14H2,1H3. The minimum atomic E-state index is 0.704. The van der Waals surface area contributed by atoms with E-state index in [1.165, 1.54) is 30.5 Å². The molecule has 0 aliphatic carbocycles. The van der Waals surface area contributed by atoms with Crippen molar-refractivity contribution in [2.45, 2.75) is 26.2 Å². The number of anilines is 1. The highest BCUT2D eigenvalue weighted by atomic mass is 15.1. The molecule has 0 radical (unpaired) electrons. The fourth-order valence-corrected chi connectivity index (χ4v) is 3.01. The zero-order valence-electron chi connectivity index (χ0n) is 13.6. The van der Waals surface area contributed by atoms with Crippen LogP contribution in [0.3, 0.4) is 0 Å². The topological polar surface area (TPSA) is 27.0 Å².